The molecule has 0 radical (unpaired) electrons. The lowest BCUT2D eigenvalue weighted by molar-refractivity contribution is -0.123. The van der Waals surface area contributed by atoms with Crippen LogP contribution in [0.25, 0.3) is 0 Å². The largest absolute Gasteiger partial charge is 0.369 e. The molecule has 0 spiro atoms. The lowest BCUT2D eigenvalue weighted by Crippen LogP contribution is -2.41. The van der Waals surface area contributed by atoms with E-state index in [-0.39, 0.29) is 17.7 Å². The average Bonchev–Trinajstić information content (AvgIpc) is 2.75. The molecule has 1 aromatic heterocycles. The molecule has 6 heteroatoms. The van der Waals surface area contributed by atoms with E-state index in [1.54, 1.807) is 17.2 Å². The van der Waals surface area contributed by atoms with Crippen molar-refractivity contribution in [3.05, 3.63) is 22.4 Å². The van der Waals surface area contributed by atoms with Gasteiger partial charge in [-0.05, 0) is 34.8 Å². The molecule has 0 aromatic carbocycles. The van der Waals surface area contributed by atoms with Crippen molar-refractivity contribution in [2.24, 2.45) is 11.7 Å². The first-order chi connectivity index (χ1) is 8.08. The number of nitrogens with one attached hydrogen (secondary N) is 1. The fourth-order valence-electron chi connectivity index (χ4n) is 2.03. The highest BCUT2D eigenvalue weighted by Gasteiger charge is 2.26. The molecule has 1 aliphatic rings. The molecule has 0 unspecified atom stereocenters. The van der Waals surface area contributed by atoms with E-state index in [0.29, 0.717) is 31.6 Å². The zero-order chi connectivity index (χ0) is 12.4. The van der Waals surface area contributed by atoms with Gasteiger partial charge in [0, 0.05) is 29.7 Å². The Balaban J connectivity index is 1.97. The van der Waals surface area contributed by atoms with E-state index in [2.05, 4.69) is 20.9 Å². The van der Waals surface area contributed by atoms with Crippen molar-refractivity contribution in [1.82, 2.24) is 9.88 Å². The monoisotopic (exact) mass is 299 g/mol. The molecule has 3 N–H and O–H groups in total. The number of piperidine rings is 1. The maximum Gasteiger partial charge on any atom is 0.270 e. The molecule has 0 bridgehead atoms. The Morgan fingerprint density at radius 1 is 1.41 bits per heavy atom. The minimum Gasteiger partial charge on any atom is -0.369 e. The number of nitrogens with zero attached hydrogens (tertiary/aromatic N) is 1. The van der Waals surface area contributed by atoms with Gasteiger partial charge in [-0.2, -0.15) is 0 Å². The highest BCUT2D eigenvalue weighted by atomic mass is 79.9. The third-order valence-electron chi connectivity index (χ3n) is 3.06. The summed E-state index contributed by atoms with van der Waals surface area (Å²) in [5.41, 5.74) is 5.81. The van der Waals surface area contributed by atoms with Crippen molar-refractivity contribution in [2.45, 2.75) is 12.8 Å². The zero-order valence-electron chi connectivity index (χ0n) is 9.28. The van der Waals surface area contributed by atoms with Gasteiger partial charge >= 0.3 is 0 Å². The van der Waals surface area contributed by atoms with Crippen LogP contribution in [0, 0.1) is 5.92 Å². The molecule has 1 aromatic rings. The van der Waals surface area contributed by atoms with Crippen LogP contribution in [0.3, 0.4) is 0 Å². The number of hydrogen-bond acceptors (Lipinski definition) is 2. The molecule has 0 aliphatic carbocycles. The number of H-pyrrole nitrogens is 1. The molecule has 92 valence electrons. The van der Waals surface area contributed by atoms with E-state index in [0.717, 1.165) is 4.47 Å². The predicted octanol–water partition coefficient (Wildman–Crippen LogP) is 1.11. The average molecular weight is 300 g/mol. The number of carbonyl (C=O) groups is 2. The Morgan fingerprint density at radius 3 is 2.53 bits per heavy atom. The number of likely N-dealkylation sites (tertiary alicyclic amines) is 1. The number of aromatic nitrogens is 1. The van der Waals surface area contributed by atoms with Gasteiger partial charge in [0.25, 0.3) is 5.91 Å². The van der Waals surface area contributed by atoms with Crippen LogP contribution < -0.4 is 5.73 Å². The Kier molecular flexibility index (Phi) is 3.51. The Labute approximate surface area is 107 Å². The molecule has 1 saturated heterocycles. The molecule has 2 heterocycles. The molecule has 1 aliphatic heterocycles. The number of rotatable bonds is 2. The van der Waals surface area contributed by atoms with E-state index >= 15 is 0 Å². The van der Waals surface area contributed by atoms with E-state index < -0.39 is 0 Å². The Bertz CT molecular complexity index is 436. The molecule has 2 rings (SSSR count). The molecule has 0 saturated carbocycles. The van der Waals surface area contributed by atoms with Crippen molar-refractivity contribution >= 4 is 27.7 Å². The van der Waals surface area contributed by atoms with Crippen LogP contribution in [-0.4, -0.2) is 34.8 Å². The Morgan fingerprint density at radius 2 is 2.06 bits per heavy atom. The van der Waals surface area contributed by atoms with Gasteiger partial charge in [-0.25, -0.2) is 0 Å². The zero-order valence-corrected chi connectivity index (χ0v) is 10.9. The smallest absolute Gasteiger partial charge is 0.270 e. The first kappa shape index (κ1) is 12.2. The number of primary amides is 1. The summed E-state index contributed by atoms with van der Waals surface area (Å²) in [5.74, 6) is -0.382. The van der Waals surface area contributed by atoms with Crippen LogP contribution in [0.1, 0.15) is 23.3 Å². The van der Waals surface area contributed by atoms with Crippen molar-refractivity contribution in [3.8, 4) is 0 Å². The number of halogens is 1. The number of carbonyl (C=O) groups excluding carboxylic acids is 2. The summed E-state index contributed by atoms with van der Waals surface area (Å²) in [5, 5.41) is 0. The topological polar surface area (TPSA) is 79.2 Å². The van der Waals surface area contributed by atoms with E-state index in [4.69, 9.17) is 5.73 Å². The third-order valence-corrected chi connectivity index (χ3v) is 3.52. The summed E-state index contributed by atoms with van der Waals surface area (Å²) in [6.07, 6.45) is 3.04. The van der Waals surface area contributed by atoms with Gasteiger partial charge in [-0.3, -0.25) is 9.59 Å². The van der Waals surface area contributed by atoms with E-state index in [1.807, 2.05) is 0 Å². The number of amides is 2. The number of hydrogen-bond donors (Lipinski definition) is 2. The number of aromatic amines is 1. The van der Waals surface area contributed by atoms with Gasteiger partial charge < -0.3 is 15.6 Å². The molecule has 2 amide bonds. The number of nitrogens with two attached hydrogens (primary N) is 1. The van der Waals surface area contributed by atoms with Gasteiger partial charge in [0.2, 0.25) is 5.91 Å². The van der Waals surface area contributed by atoms with Crippen LogP contribution >= 0.6 is 15.9 Å². The van der Waals surface area contributed by atoms with Crippen LogP contribution in [0.5, 0.6) is 0 Å². The summed E-state index contributed by atoms with van der Waals surface area (Å²) in [6, 6.07) is 1.75. The SMILES string of the molecule is NC(=O)C1CCN(C(=O)c2cc(Br)c[nH]2)CC1. The van der Waals surface area contributed by atoms with Crippen molar-refractivity contribution in [3.63, 3.8) is 0 Å². The summed E-state index contributed by atoms with van der Waals surface area (Å²) in [7, 11) is 0. The van der Waals surface area contributed by atoms with Gasteiger partial charge in [0.1, 0.15) is 5.69 Å². The highest BCUT2D eigenvalue weighted by Crippen LogP contribution is 2.19. The minimum absolute atomic E-state index is 0.0291. The van der Waals surface area contributed by atoms with Crippen molar-refractivity contribution in [2.75, 3.05) is 13.1 Å². The van der Waals surface area contributed by atoms with Crippen LogP contribution in [-0.2, 0) is 4.79 Å². The molecule has 5 nitrogen and oxygen atoms in total. The summed E-state index contributed by atoms with van der Waals surface area (Å²) < 4.78 is 0.855. The maximum absolute atomic E-state index is 12.0. The molecular weight excluding hydrogens is 286 g/mol. The molecule has 17 heavy (non-hydrogen) atoms. The standard InChI is InChI=1S/C11H14BrN3O2/c12-8-5-9(14-6-8)11(17)15-3-1-7(2-4-15)10(13)16/h5-7,14H,1-4H2,(H2,13,16). The first-order valence-corrected chi connectivity index (χ1v) is 6.29. The van der Waals surface area contributed by atoms with Crippen molar-refractivity contribution in [1.29, 1.82) is 0 Å². The summed E-state index contributed by atoms with van der Waals surface area (Å²) >= 11 is 3.29. The summed E-state index contributed by atoms with van der Waals surface area (Å²) in [6.45, 7) is 1.17. The van der Waals surface area contributed by atoms with Gasteiger partial charge in [-0.1, -0.05) is 0 Å². The van der Waals surface area contributed by atoms with Crippen molar-refractivity contribution < 1.29 is 9.59 Å². The molecule has 0 atom stereocenters. The third kappa shape index (κ3) is 2.69. The first-order valence-electron chi connectivity index (χ1n) is 5.50. The maximum atomic E-state index is 12.0. The lowest BCUT2D eigenvalue weighted by atomic mass is 9.96. The molecular formula is C11H14BrN3O2. The second-order valence-electron chi connectivity index (χ2n) is 4.20. The van der Waals surface area contributed by atoms with Gasteiger partial charge in [0.05, 0.1) is 0 Å². The van der Waals surface area contributed by atoms with E-state index in [9.17, 15) is 9.59 Å². The highest BCUT2D eigenvalue weighted by molar-refractivity contribution is 9.10. The van der Waals surface area contributed by atoms with Crippen LogP contribution in [0.2, 0.25) is 0 Å². The predicted molar refractivity (Wildman–Crippen MR) is 66.3 cm³/mol. The second kappa shape index (κ2) is 4.91. The lowest BCUT2D eigenvalue weighted by Gasteiger charge is -2.30. The second-order valence-corrected chi connectivity index (χ2v) is 5.12. The fraction of sp³-hybridized carbons (Fsp3) is 0.455. The van der Waals surface area contributed by atoms with Crippen LogP contribution in [0.15, 0.2) is 16.7 Å². The quantitative estimate of drug-likeness (QED) is 0.858. The van der Waals surface area contributed by atoms with Gasteiger partial charge in [-0.15, -0.1) is 0 Å². The fourth-order valence-corrected chi connectivity index (χ4v) is 2.37. The van der Waals surface area contributed by atoms with Crippen LogP contribution in [0.4, 0.5) is 0 Å². The van der Waals surface area contributed by atoms with E-state index in [1.165, 1.54) is 0 Å². The minimum atomic E-state index is -0.264. The normalized spacial score (nSPS) is 17.1. The summed E-state index contributed by atoms with van der Waals surface area (Å²) in [4.78, 5) is 27.7. The van der Waals surface area contributed by atoms with Gasteiger partial charge in [0.15, 0.2) is 0 Å². The Hall–Kier alpha value is -1.30. The molecule has 1 fully saturated rings.